The molecule has 7 heteroatoms. The Balaban J connectivity index is 2.17. The third kappa shape index (κ3) is 6.11. The average molecular weight is 453 g/mol. The average Bonchev–Trinajstić information content (AvgIpc) is 2.57. The highest BCUT2D eigenvalue weighted by Crippen LogP contribution is 2.31. The number of hydrogen-bond donors (Lipinski definition) is 3. The number of phenols is 1. The molecule has 0 spiro atoms. The van der Waals surface area contributed by atoms with Crippen molar-refractivity contribution in [3.63, 3.8) is 0 Å². The van der Waals surface area contributed by atoms with Gasteiger partial charge in [-0.2, -0.15) is 0 Å². The van der Waals surface area contributed by atoms with Crippen LogP contribution in [-0.4, -0.2) is 22.3 Å². The molecule has 0 bridgehead atoms. The standard InChI is InChI=1S/C18H16INO5/c19-12-9-10-15(21)14(11-12)16(7-4-8-17(22)23)25-18(24)20-13-5-2-1-3-6-13/h1-6,8-11,16,21H,7H2,(H,20,24)(H,22,23)/b8-4+/t16-/m0/s1. The Hall–Kier alpha value is -2.55. The Bertz CT molecular complexity index is 776. The summed E-state index contributed by atoms with van der Waals surface area (Å²) in [6.45, 7) is 0. The van der Waals surface area contributed by atoms with Gasteiger partial charge in [0.1, 0.15) is 11.9 Å². The van der Waals surface area contributed by atoms with Crippen molar-refractivity contribution in [1.82, 2.24) is 0 Å². The fourth-order valence-corrected chi connectivity index (χ4v) is 2.63. The van der Waals surface area contributed by atoms with Gasteiger partial charge in [-0.1, -0.05) is 24.3 Å². The Morgan fingerprint density at radius 3 is 2.60 bits per heavy atom. The van der Waals surface area contributed by atoms with Gasteiger partial charge in [-0.25, -0.2) is 9.59 Å². The van der Waals surface area contributed by atoms with E-state index < -0.39 is 18.2 Å². The highest BCUT2D eigenvalue weighted by molar-refractivity contribution is 14.1. The number of rotatable bonds is 6. The van der Waals surface area contributed by atoms with Crippen molar-refractivity contribution in [3.05, 3.63) is 69.8 Å². The van der Waals surface area contributed by atoms with Crippen LogP contribution in [0.15, 0.2) is 60.7 Å². The summed E-state index contributed by atoms with van der Waals surface area (Å²) < 4.78 is 6.25. The van der Waals surface area contributed by atoms with Gasteiger partial charge in [-0.15, -0.1) is 0 Å². The second-order valence-electron chi connectivity index (χ2n) is 5.06. The van der Waals surface area contributed by atoms with Crippen molar-refractivity contribution in [1.29, 1.82) is 0 Å². The molecule has 0 aromatic heterocycles. The molecule has 1 amide bonds. The van der Waals surface area contributed by atoms with E-state index in [0.717, 1.165) is 9.65 Å². The summed E-state index contributed by atoms with van der Waals surface area (Å²) in [6.07, 6.45) is 0.938. The molecule has 1 atom stereocenters. The highest BCUT2D eigenvalue weighted by Gasteiger charge is 2.19. The molecule has 3 N–H and O–H groups in total. The maximum absolute atomic E-state index is 12.1. The number of nitrogens with one attached hydrogen (secondary N) is 1. The largest absolute Gasteiger partial charge is 0.508 e. The zero-order valence-corrected chi connectivity index (χ0v) is 15.2. The van der Waals surface area contributed by atoms with Crippen molar-refractivity contribution in [2.24, 2.45) is 0 Å². The molecule has 2 aromatic rings. The van der Waals surface area contributed by atoms with Gasteiger partial charge in [0.2, 0.25) is 0 Å². The van der Waals surface area contributed by atoms with Crippen molar-refractivity contribution >= 4 is 40.3 Å². The van der Waals surface area contributed by atoms with Crippen LogP contribution in [0.3, 0.4) is 0 Å². The van der Waals surface area contributed by atoms with E-state index in [4.69, 9.17) is 9.84 Å². The second-order valence-corrected chi connectivity index (χ2v) is 6.31. The molecule has 0 aliphatic heterocycles. The lowest BCUT2D eigenvalue weighted by atomic mass is 10.1. The number of carbonyl (C=O) groups excluding carboxylic acids is 1. The molecule has 0 aliphatic rings. The summed E-state index contributed by atoms with van der Waals surface area (Å²) in [5, 5.41) is 21.4. The molecule has 130 valence electrons. The van der Waals surface area contributed by atoms with Crippen molar-refractivity contribution in [3.8, 4) is 5.75 Å². The number of para-hydroxylation sites is 1. The van der Waals surface area contributed by atoms with Crippen LogP contribution < -0.4 is 5.32 Å². The first-order valence-electron chi connectivity index (χ1n) is 7.36. The number of carboxylic acids is 1. The molecule has 2 aromatic carbocycles. The van der Waals surface area contributed by atoms with E-state index in [1.165, 1.54) is 12.1 Å². The van der Waals surface area contributed by atoms with Crippen LogP contribution in [0.2, 0.25) is 0 Å². The molecule has 0 radical (unpaired) electrons. The second kappa shape index (κ2) is 9.07. The van der Waals surface area contributed by atoms with Gasteiger partial charge in [-0.05, 0) is 52.9 Å². The van der Waals surface area contributed by atoms with Gasteiger partial charge in [0.05, 0.1) is 0 Å². The number of anilines is 1. The fraction of sp³-hybridized carbons (Fsp3) is 0.111. The number of amides is 1. The molecule has 25 heavy (non-hydrogen) atoms. The summed E-state index contributed by atoms with van der Waals surface area (Å²) in [4.78, 5) is 22.8. The summed E-state index contributed by atoms with van der Waals surface area (Å²) in [5.41, 5.74) is 0.976. The van der Waals surface area contributed by atoms with Crippen molar-refractivity contribution < 1.29 is 24.5 Å². The summed E-state index contributed by atoms with van der Waals surface area (Å²) in [5.74, 6) is -1.12. The molecule has 2 rings (SSSR count). The highest BCUT2D eigenvalue weighted by atomic mass is 127. The van der Waals surface area contributed by atoms with E-state index in [9.17, 15) is 14.7 Å². The summed E-state index contributed by atoms with van der Waals surface area (Å²) in [6, 6.07) is 13.7. The lowest BCUT2D eigenvalue weighted by Crippen LogP contribution is -2.17. The normalized spacial score (nSPS) is 11.9. The van der Waals surface area contributed by atoms with E-state index in [2.05, 4.69) is 27.9 Å². The van der Waals surface area contributed by atoms with Crippen LogP contribution in [0.5, 0.6) is 5.75 Å². The number of carbonyl (C=O) groups is 2. The Labute approximate surface area is 158 Å². The van der Waals surface area contributed by atoms with Crippen molar-refractivity contribution in [2.45, 2.75) is 12.5 Å². The zero-order chi connectivity index (χ0) is 18.2. The minimum Gasteiger partial charge on any atom is -0.508 e. The van der Waals surface area contributed by atoms with Gasteiger partial charge in [0, 0.05) is 27.3 Å². The molecule has 0 heterocycles. The fourth-order valence-electron chi connectivity index (χ4n) is 2.11. The summed E-state index contributed by atoms with van der Waals surface area (Å²) in [7, 11) is 0. The van der Waals surface area contributed by atoms with Crippen LogP contribution >= 0.6 is 22.6 Å². The molecular weight excluding hydrogens is 437 g/mol. The van der Waals surface area contributed by atoms with Crippen LogP contribution in [0.4, 0.5) is 10.5 Å². The molecule has 6 nitrogen and oxygen atoms in total. The molecule has 0 saturated carbocycles. The lowest BCUT2D eigenvalue weighted by molar-refractivity contribution is -0.131. The van der Waals surface area contributed by atoms with Gasteiger partial charge >= 0.3 is 12.1 Å². The van der Waals surface area contributed by atoms with Gasteiger partial charge < -0.3 is 14.9 Å². The molecular formula is C18H16INO5. The van der Waals surface area contributed by atoms with Gasteiger partial charge in [0.25, 0.3) is 0 Å². The molecule has 0 unspecified atom stereocenters. The predicted octanol–water partition coefficient (Wildman–Crippen LogP) is 4.32. The topological polar surface area (TPSA) is 95.9 Å². The minimum atomic E-state index is -1.10. The SMILES string of the molecule is O=C(O)/C=C/C[C@H](OC(=O)Nc1ccccc1)c1cc(I)ccc1O. The maximum Gasteiger partial charge on any atom is 0.412 e. The van der Waals surface area contributed by atoms with Gasteiger partial charge in [0.15, 0.2) is 0 Å². The quantitative estimate of drug-likeness (QED) is 0.448. The van der Waals surface area contributed by atoms with Crippen molar-refractivity contribution in [2.75, 3.05) is 5.32 Å². The monoisotopic (exact) mass is 453 g/mol. The number of benzene rings is 2. The number of phenolic OH excluding ortho intramolecular Hbond substituents is 1. The van der Waals surface area contributed by atoms with E-state index in [-0.39, 0.29) is 12.2 Å². The lowest BCUT2D eigenvalue weighted by Gasteiger charge is -2.18. The minimum absolute atomic E-state index is 0.0262. The Kier molecular flexibility index (Phi) is 6.81. The summed E-state index contributed by atoms with van der Waals surface area (Å²) >= 11 is 2.08. The first-order valence-corrected chi connectivity index (χ1v) is 8.44. The number of hydrogen-bond acceptors (Lipinski definition) is 4. The van der Waals surface area contributed by atoms with E-state index in [0.29, 0.717) is 11.3 Å². The maximum atomic E-state index is 12.1. The Morgan fingerprint density at radius 2 is 1.92 bits per heavy atom. The molecule has 0 fully saturated rings. The smallest absolute Gasteiger partial charge is 0.412 e. The van der Waals surface area contributed by atoms with E-state index in [1.807, 2.05) is 6.07 Å². The van der Waals surface area contributed by atoms with Gasteiger partial charge in [-0.3, -0.25) is 5.32 Å². The molecule has 0 saturated heterocycles. The van der Waals surface area contributed by atoms with E-state index in [1.54, 1.807) is 36.4 Å². The third-order valence-corrected chi connectivity index (χ3v) is 3.89. The first kappa shape index (κ1) is 18.8. The van der Waals surface area contributed by atoms with Crippen LogP contribution in [0, 0.1) is 3.57 Å². The number of aliphatic carboxylic acids is 1. The third-order valence-electron chi connectivity index (χ3n) is 3.22. The van der Waals surface area contributed by atoms with Crippen LogP contribution in [0.1, 0.15) is 18.1 Å². The number of ether oxygens (including phenoxy) is 1. The van der Waals surface area contributed by atoms with Crippen LogP contribution in [-0.2, 0) is 9.53 Å². The zero-order valence-electron chi connectivity index (χ0n) is 13.1. The number of carboxylic acid groups (broad SMARTS) is 1. The predicted molar refractivity (Wildman–Crippen MR) is 102 cm³/mol. The Morgan fingerprint density at radius 1 is 1.20 bits per heavy atom. The van der Waals surface area contributed by atoms with Crippen LogP contribution in [0.25, 0.3) is 0 Å². The van der Waals surface area contributed by atoms with E-state index >= 15 is 0 Å². The first-order chi connectivity index (χ1) is 12.0. The number of aromatic hydroxyl groups is 1. The molecule has 0 aliphatic carbocycles. The number of halogens is 1.